The van der Waals surface area contributed by atoms with Crippen molar-refractivity contribution in [1.29, 1.82) is 0 Å². The molecule has 0 aromatic carbocycles. The third-order valence-electron chi connectivity index (χ3n) is 3.30. The van der Waals surface area contributed by atoms with Crippen LogP contribution in [0.25, 0.3) is 0 Å². The molecular weight excluding hydrogens is 268 g/mol. The van der Waals surface area contributed by atoms with Crippen molar-refractivity contribution in [3.05, 3.63) is 18.3 Å². The molecule has 0 spiro atoms. The summed E-state index contributed by atoms with van der Waals surface area (Å²) in [5.74, 6) is 0.853. The second-order valence-electron chi connectivity index (χ2n) is 6.11. The Morgan fingerprint density at radius 3 is 2.38 bits per heavy atom. The molecule has 1 N–H and O–H groups in total. The predicted octanol–water partition coefficient (Wildman–Crippen LogP) is 2.18. The van der Waals surface area contributed by atoms with Crippen LogP contribution in [-0.2, 0) is 4.74 Å². The number of ether oxygens (including phenoxy) is 1. The van der Waals surface area contributed by atoms with Gasteiger partial charge in [0.1, 0.15) is 11.4 Å². The fraction of sp³-hybridized carbons (Fsp3) is 0.600. The SMILES string of the molecule is CNc1ccc(N2CCN(C(=O)OC(C)(C)C)CC2)cn1. The summed E-state index contributed by atoms with van der Waals surface area (Å²) in [6, 6.07) is 4.00. The highest BCUT2D eigenvalue weighted by atomic mass is 16.6. The average Bonchev–Trinajstić information content (AvgIpc) is 2.46. The van der Waals surface area contributed by atoms with E-state index in [0.29, 0.717) is 13.1 Å². The Morgan fingerprint density at radius 2 is 1.90 bits per heavy atom. The van der Waals surface area contributed by atoms with Crippen LogP contribution in [0.1, 0.15) is 20.8 Å². The van der Waals surface area contributed by atoms with Crippen molar-refractivity contribution in [2.24, 2.45) is 0 Å². The normalized spacial score (nSPS) is 15.8. The van der Waals surface area contributed by atoms with Gasteiger partial charge in [-0.15, -0.1) is 0 Å². The predicted molar refractivity (Wildman–Crippen MR) is 83.8 cm³/mol. The highest BCUT2D eigenvalue weighted by Gasteiger charge is 2.25. The molecule has 6 nitrogen and oxygen atoms in total. The molecule has 1 aliphatic rings. The Balaban J connectivity index is 1.89. The first-order valence-electron chi connectivity index (χ1n) is 7.26. The molecule has 1 fully saturated rings. The minimum Gasteiger partial charge on any atom is -0.444 e. The summed E-state index contributed by atoms with van der Waals surface area (Å²) >= 11 is 0. The van der Waals surface area contributed by atoms with Crippen molar-refractivity contribution in [3.8, 4) is 0 Å². The summed E-state index contributed by atoms with van der Waals surface area (Å²) in [6.07, 6.45) is 1.63. The Hall–Kier alpha value is -1.98. The fourth-order valence-electron chi connectivity index (χ4n) is 2.19. The second kappa shape index (κ2) is 6.20. The van der Waals surface area contributed by atoms with Crippen molar-refractivity contribution < 1.29 is 9.53 Å². The van der Waals surface area contributed by atoms with Crippen LogP contribution in [0.3, 0.4) is 0 Å². The smallest absolute Gasteiger partial charge is 0.410 e. The molecule has 0 atom stereocenters. The van der Waals surface area contributed by atoms with Crippen LogP contribution in [0, 0.1) is 0 Å². The van der Waals surface area contributed by atoms with Crippen molar-refractivity contribution in [1.82, 2.24) is 9.88 Å². The quantitative estimate of drug-likeness (QED) is 0.905. The largest absolute Gasteiger partial charge is 0.444 e. The van der Waals surface area contributed by atoms with Gasteiger partial charge >= 0.3 is 6.09 Å². The summed E-state index contributed by atoms with van der Waals surface area (Å²) in [4.78, 5) is 20.3. The number of aromatic nitrogens is 1. The molecular formula is C15H24N4O2. The molecule has 0 unspecified atom stereocenters. The summed E-state index contributed by atoms with van der Waals surface area (Å²) in [5.41, 5.74) is 0.638. The second-order valence-corrected chi connectivity index (χ2v) is 6.11. The van der Waals surface area contributed by atoms with Crippen molar-refractivity contribution >= 4 is 17.6 Å². The molecule has 1 aromatic heterocycles. The van der Waals surface area contributed by atoms with Crippen LogP contribution >= 0.6 is 0 Å². The van der Waals surface area contributed by atoms with Crippen LogP contribution in [0.4, 0.5) is 16.3 Å². The van der Waals surface area contributed by atoms with Gasteiger partial charge in [0, 0.05) is 33.2 Å². The number of rotatable bonds is 2. The van der Waals surface area contributed by atoms with E-state index in [-0.39, 0.29) is 6.09 Å². The van der Waals surface area contributed by atoms with E-state index in [4.69, 9.17) is 4.74 Å². The third-order valence-corrected chi connectivity index (χ3v) is 3.30. The fourth-order valence-corrected chi connectivity index (χ4v) is 2.19. The number of piperazine rings is 1. The number of nitrogens with one attached hydrogen (secondary N) is 1. The molecule has 1 amide bonds. The first-order chi connectivity index (χ1) is 9.89. The minimum absolute atomic E-state index is 0.231. The molecule has 0 aliphatic carbocycles. The molecule has 2 rings (SSSR count). The molecule has 1 aliphatic heterocycles. The number of hydrogen-bond donors (Lipinski definition) is 1. The van der Waals surface area contributed by atoms with Crippen LogP contribution in [0.15, 0.2) is 18.3 Å². The van der Waals surface area contributed by atoms with E-state index in [1.165, 1.54) is 0 Å². The standard InChI is InChI=1S/C15H24N4O2/c1-15(2,3)21-14(20)19-9-7-18(8-10-19)12-5-6-13(16-4)17-11-12/h5-6,11H,7-10H2,1-4H3,(H,16,17). The van der Waals surface area contributed by atoms with Gasteiger partial charge in [-0.25, -0.2) is 9.78 Å². The topological polar surface area (TPSA) is 57.7 Å². The number of amides is 1. The van der Waals surface area contributed by atoms with Crippen molar-refractivity contribution in [3.63, 3.8) is 0 Å². The number of anilines is 2. The van der Waals surface area contributed by atoms with Crippen molar-refractivity contribution in [2.75, 3.05) is 43.4 Å². The van der Waals surface area contributed by atoms with E-state index < -0.39 is 5.60 Å². The van der Waals surface area contributed by atoms with Gasteiger partial charge in [-0.1, -0.05) is 0 Å². The van der Waals surface area contributed by atoms with Crippen LogP contribution in [-0.4, -0.2) is 54.8 Å². The molecule has 6 heteroatoms. The average molecular weight is 292 g/mol. The third kappa shape index (κ3) is 4.24. The monoisotopic (exact) mass is 292 g/mol. The lowest BCUT2D eigenvalue weighted by atomic mass is 10.2. The number of carbonyl (C=O) groups excluding carboxylic acids is 1. The number of carbonyl (C=O) groups is 1. The van der Waals surface area contributed by atoms with Crippen LogP contribution in [0.5, 0.6) is 0 Å². The number of nitrogens with zero attached hydrogens (tertiary/aromatic N) is 3. The van der Waals surface area contributed by atoms with Gasteiger partial charge in [0.25, 0.3) is 0 Å². The Morgan fingerprint density at radius 1 is 1.24 bits per heavy atom. The van der Waals surface area contributed by atoms with E-state index in [2.05, 4.69) is 15.2 Å². The highest BCUT2D eigenvalue weighted by molar-refractivity contribution is 5.68. The lowest BCUT2D eigenvalue weighted by molar-refractivity contribution is 0.0240. The van der Waals surface area contributed by atoms with Gasteiger partial charge in [-0.05, 0) is 32.9 Å². The van der Waals surface area contributed by atoms with Gasteiger partial charge in [0.2, 0.25) is 0 Å². The van der Waals surface area contributed by atoms with Gasteiger partial charge in [0.15, 0.2) is 0 Å². The van der Waals surface area contributed by atoms with E-state index in [1.807, 2.05) is 46.1 Å². The molecule has 21 heavy (non-hydrogen) atoms. The molecule has 0 radical (unpaired) electrons. The molecule has 1 aromatic rings. The Bertz CT molecular complexity index is 473. The molecule has 0 saturated carbocycles. The summed E-state index contributed by atoms with van der Waals surface area (Å²) in [5, 5.41) is 3.00. The highest BCUT2D eigenvalue weighted by Crippen LogP contribution is 2.18. The van der Waals surface area contributed by atoms with E-state index in [9.17, 15) is 4.79 Å². The van der Waals surface area contributed by atoms with Crippen LogP contribution in [0.2, 0.25) is 0 Å². The zero-order valence-corrected chi connectivity index (χ0v) is 13.2. The van der Waals surface area contributed by atoms with Gasteiger partial charge < -0.3 is 19.9 Å². The zero-order valence-electron chi connectivity index (χ0n) is 13.2. The summed E-state index contributed by atoms with van der Waals surface area (Å²) in [7, 11) is 1.85. The maximum absolute atomic E-state index is 12.0. The number of hydrogen-bond acceptors (Lipinski definition) is 5. The molecule has 2 heterocycles. The van der Waals surface area contributed by atoms with Crippen LogP contribution < -0.4 is 10.2 Å². The molecule has 0 bridgehead atoms. The van der Waals surface area contributed by atoms with E-state index >= 15 is 0 Å². The first kappa shape index (κ1) is 15.4. The Labute approximate surface area is 126 Å². The molecule has 116 valence electrons. The maximum atomic E-state index is 12.0. The zero-order chi connectivity index (χ0) is 15.5. The van der Waals surface area contributed by atoms with E-state index in [0.717, 1.165) is 24.6 Å². The minimum atomic E-state index is -0.443. The summed E-state index contributed by atoms with van der Waals surface area (Å²) in [6.45, 7) is 8.58. The lowest BCUT2D eigenvalue weighted by Crippen LogP contribution is -2.50. The van der Waals surface area contributed by atoms with Gasteiger partial charge in [-0.2, -0.15) is 0 Å². The lowest BCUT2D eigenvalue weighted by Gasteiger charge is -2.36. The molecule has 1 saturated heterocycles. The van der Waals surface area contributed by atoms with Gasteiger partial charge in [0.05, 0.1) is 11.9 Å². The summed E-state index contributed by atoms with van der Waals surface area (Å²) < 4.78 is 5.40. The van der Waals surface area contributed by atoms with E-state index in [1.54, 1.807) is 4.90 Å². The van der Waals surface area contributed by atoms with Crippen molar-refractivity contribution in [2.45, 2.75) is 26.4 Å². The van der Waals surface area contributed by atoms with Gasteiger partial charge in [-0.3, -0.25) is 0 Å². The number of pyridine rings is 1. The first-order valence-corrected chi connectivity index (χ1v) is 7.26. The maximum Gasteiger partial charge on any atom is 0.410 e. The Kier molecular flexibility index (Phi) is 4.55.